The summed E-state index contributed by atoms with van der Waals surface area (Å²) in [6.07, 6.45) is 1.21. The van der Waals surface area contributed by atoms with Crippen LogP contribution >= 0.6 is 0 Å². The van der Waals surface area contributed by atoms with Crippen LogP contribution in [0.3, 0.4) is 0 Å². The average molecular weight is 215 g/mol. The number of phenols is 1. The van der Waals surface area contributed by atoms with Gasteiger partial charge in [0.2, 0.25) is 6.29 Å². The fourth-order valence-electron chi connectivity index (χ4n) is 0.950. The third-order valence-electron chi connectivity index (χ3n) is 1.60. The number of benzene rings is 1. The fourth-order valence-corrected chi connectivity index (χ4v) is 1.57. The molecule has 0 aliphatic rings. The Morgan fingerprint density at radius 2 is 1.71 bits per heavy atom. The molecule has 1 unspecified atom stereocenters. The van der Waals surface area contributed by atoms with Crippen molar-refractivity contribution in [1.29, 1.82) is 0 Å². The third-order valence-corrected chi connectivity index (χ3v) is 2.56. The summed E-state index contributed by atoms with van der Waals surface area (Å²) in [5.74, 6) is -0.0614. The predicted octanol–water partition coefficient (Wildman–Crippen LogP) is 0.431. The molecule has 75 valence electrons. The molecule has 0 saturated heterocycles. The lowest BCUT2D eigenvalue weighted by Crippen LogP contribution is -2.13. The minimum Gasteiger partial charge on any atom is -0.508 e. The first kappa shape index (κ1) is 10.7. The maximum absolute atomic E-state index is 10.7. The van der Waals surface area contributed by atoms with Crippen LogP contribution in [0.25, 0.3) is 0 Å². The normalized spacial score (nSPS) is 13.5. The smallest absolute Gasteiger partial charge is 0.279 e. The van der Waals surface area contributed by atoms with Crippen molar-refractivity contribution >= 4 is 16.4 Å². The zero-order valence-corrected chi connectivity index (χ0v) is 7.73. The SMILES string of the molecule is O=[C]C(c1ccc(O)cc1)S(=O)(=O)O. The van der Waals surface area contributed by atoms with Gasteiger partial charge in [-0.1, -0.05) is 12.1 Å². The van der Waals surface area contributed by atoms with Gasteiger partial charge in [0, 0.05) is 0 Å². The Morgan fingerprint density at radius 1 is 1.21 bits per heavy atom. The maximum Gasteiger partial charge on any atom is 0.279 e. The molecule has 0 aromatic heterocycles. The van der Waals surface area contributed by atoms with E-state index in [1.165, 1.54) is 30.6 Å². The topological polar surface area (TPSA) is 91.7 Å². The van der Waals surface area contributed by atoms with E-state index >= 15 is 0 Å². The van der Waals surface area contributed by atoms with E-state index in [9.17, 15) is 13.2 Å². The Kier molecular flexibility index (Phi) is 2.87. The lowest BCUT2D eigenvalue weighted by Gasteiger charge is -2.05. The summed E-state index contributed by atoms with van der Waals surface area (Å²) in [5.41, 5.74) is 0.0558. The largest absolute Gasteiger partial charge is 0.508 e. The van der Waals surface area contributed by atoms with Gasteiger partial charge in [-0.05, 0) is 17.7 Å². The molecule has 0 bridgehead atoms. The van der Waals surface area contributed by atoms with Crippen LogP contribution < -0.4 is 0 Å². The molecule has 0 spiro atoms. The van der Waals surface area contributed by atoms with E-state index in [0.717, 1.165) is 0 Å². The summed E-state index contributed by atoms with van der Waals surface area (Å²) in [7, 11) is -4.49. The van der Waals surface area contributed by atoms with E-state index in [0.29, 0.717) is 0 Å². The van der Waals surface area contributed by atoms with Gasteiger partial charge < -0.3 is 5.11 Å². The van der Waals surface area contributed by atoms with E-state index in [4.69, 9.17) is 9.66 Å². The molecule has 14 heavy (non-hydrogen) atoms. The number of carbonyl (C=O) groups excluding carboxylic acids is 1. The predicted molar refractivity (Wildman–Crippen MR) is 48.1 cm³/mol. The monoisotopic (exact) mass is 215 g/mol. The van der Waals surface area contributed by atoms with Crippen molar-refractivity contribution in [2.75, 3.05) is 0 Å². The van der Waals surface area contributed by atoms with Crippen LogP contribution in [0.2, 0.25) is 0 Å². The van der Waals surface area contributed by atoms with E-state index in [1.807, 2.05) is 0 Å². The number of phenolic OH excluding ortho intramolecular Hbond substituents is 1. The molecule has 0 saturated carbocycles. The molecule has 5 nitrogen and oxygen atoms in total. The Labute approximate surface area is 80.7 Å². The van der Waals surface area contributed by atoms with Crippen molar-refractivity contribution < 1.29 is 22.9 Å². The highest BCUT2D eigenvalue weighted by molar-refractivity contribution is 7.86. The molecule has 1 rings (SSSR count). The fraction of sp³-hybridized carbons (Fsp3) is 0.125. The molecule has 0 heterocycles. The Balaban J connectivity index is 3.15. The zero-order chi connectivity index (χ0) is 10.8. The lowest BCUT2D eigenvalue weighted by molar-refractivity contribution is 0.470. The van der Waals surface area contributed by atoms with Gasteiger partial charge in [-0.3, -0.25) is 9.35 Å². The zero-order valence-electron chi connectivity index (χ0n) is 6.91. The van der Waals surface area contributed by atoms with Gasteiger partial charge in [0.25, 0.3) is 10.1 Å². The Morgan fingerprint density at radius 3 is 2.07 bits per heavy atom. The number of rotatable bonds is 3. The highest BCUT2D eigenvalue weighted by Gasteiger charge is 2.25. The highest BCUT2D eigenvalue weighted by atomic mass is 32.2. The first-order valence-electron chi connectivity index (χ1n) is 3.58. The number of aromatic hydroxyl groups is 1. The summed E-state index contributed by atoms with van der Waals surface area (Å²) < 4.78 is 30.0. The average Bonchev–Trinajstić information content (AvgIpc) is 2.07. The Bertz CT molecular complexity index is 420. The molecule has 6 heteroatoms. The van der Waals surface area contributed by atoms with E-state index in [2.05, 4.69) is 0 Å². The van der Waals surface area contributed by atoms with Gasteiger partial charge in [0.15, 0.2) is 5.25 Å². The molecular weight excluding hydrogens is 208 g/mol. The number of hydrogen-bond acceptors (Lipinski definition) is 4. The van der Waals surface area contributed by atoms with Crippen molar-refractivity contribution in [2.24, 2.45) is 0 Å². The van der Waals surface area contributed by atoms with E-state index < -0.39 is 15.4 Å². The van der Waals surface area contributed by atoms with Crippen LogP contribution in [0.4, 0.5) is 0 Å². The molecule has 1 aromatic carbocycles. The second kappa shape index (κ2) is 3.77. The molecule has 2 N–H and O–H groups in total. The Hall–Kier alpha value is -1.40. The highest BCUT2D eigenvalue weighted by Crippen LogP contribution is 2.21. The number of hydrogen-bond donors (Lipinski definition) is 2. The standard InChI is InChI=1S/C8H7O5S/c9-5-8(14(11,12)13)6-1-3-7(10)4-2-6/h1-4,8,10H,(H,11,12,13). The van der Waals surface area contributed by atoms with Gasteiger partial charge in [-0.25, -0.2) is 0 Å². The summed E-state index contributed by atoms with van der Waals surface area (Å²) >= 11 is 0. The van der Waals surface area contributed by atoms with Crippen molar-refractivity contribution in [3.8, 4) is 5.75 Å². The van der Waals surface area contributed by atoms with Gasteiger partial charge in [-0.2, -0.15) is 8.42 Å². The van der Waals surface area contributed by atoms with Crippen molar-refractivity contribution in [2.45, 2.75) is 5.25 Å². The van der Waals surface area contributed by atoms with Crippen LogP contribution in [0.15, 0.2) is 24.3 Å². The third kappa shape index (κ3) is 2.30. The minimum absolute atomic E-state index is 0.0558. The van der Waals surface area contributed by atoms with Crippen LogP contribution in [0, 0.1) is 0 Å². The molecule has 0 fully saturated rings. The molecule has 0 aliphatic carbocycles. The maximum atomic E-state index is 10.7. The summed E-state index contributed by atoms with van der Waals surface area (Å²) in [6, 6.07) is 4.87. The second-order valence-corrected chi connectivity index (χ2v) is 4.11. The van der Waals surface area contributed by atoms with Crippen LogP contribution in [-0.4, -0.2) is 24.4 Å². The van der Waals surface area contributed by atoms with Gasteiger partial charge in [0.05, 0.1) is 0 Å². The van der Waals surface area contributed by atoms with E-state index in [-0.39, 0.29) is 11.3 Å². The first-order chi connectivity index (χ1) is 6.45. The summed E-state index contributed by atoms with van der Waals surface area (Å²) in [5, 5.41) is 7.18. The summed E-state index contributed by atoms with van der Waals surface area (Å²) in [4.78, 5) is 10.3. The molecule has 1 atom stereocenters. The van der Waals surface area contributed by atoms with Gasteiger partial charge >= 0.3 is 0 Å². The second-order valence-electron chi connectivity index (χ2n) is 2.60. The van der Waals surface area contributed by atoms with Crippen molar-refractivity contribution in [1.82, 2.24) is 0 Å². The molecule has 0 amide bonds. The van der Waals surface area contributed by atoms with Gasteiger partial charge in [-0.15, -0.1) is 0 Å². The first-order valence-corrected chi connectivity index (χ1v) is 5.08. The molecular formula is C8H7O5S. The van der Waals surface area contributed by atoms with Crippen LogP contribution in [0.5, 0.6) is 5.75 Å². The minimum atomic E-state index is -4.49. The molecule has 1 radical (unpaired) electrons. The van der Waals surface area contributed by atoms with Crippen LogP contribution in [0.1, 0.15) is 10.8 Å². The quantitative estimate of drug-likeness (QED) is 0.713. The van der Waals surface area contributed by atoms with Crippen LogP contribution in [-0.2, 0) is 14.9 Å². The lowest BCUT2D eigenvalue weighted by atomic mass is 10.1. The molecule has 0 aliphatic heterocycles. The van der Waals surface area contributed by atoms with Gasteiger partial charge in [0.1, 0.15) is 5.75 Å². The van der Waals surface area contributed by atoms with Crippen molar-refractivity contribution in [3.05, 3.63) is 29.8 Å². The van der Waals surface area contributed by atoms with Crippen molar-refractivity contribution in [3.63, 3.8) is 0 Å². The molecule has 1 aromatic rings. The summed E-state index contributed by atoms with van der Waals surface area (Å²) in [6.45, 7) is 0. The van der Waals surface area contributed by atoms with E-state index in [1.54, 1.807) is 0 Å².